The summed E-state index contributed by atoms with van der Waals surface area (Å²) >= 11 is 0. The van der Waals surface area contributed by atoms with Crippen LogP contribution < -0.4 is 5.32 Å². The summed E-state index contributed by atoms with van der Waals surface area (Å²) in [6, 6.07) is 8.56. The highest BCUT2D eigenvalue weighted by atomic mass is 16.5. The molecule has 1 saturated carbocycles. The number of benzene rings is 1. The lowest BCUT2D eigenvalue weighted by Gasteiger charge is -2.17. The standard InChI is InChI=1S/C14H21NO2/c1-17-10-14(13-6-7-13)15-8-11-2-4-12(9-16)5-3-11/h2-5,13-16H,6-10H2,1H3. The highest BCUT2D eigenvalue weighted by Gasteiger charge is 2.30. The number of hydrogen-bond donors (Lipinski definition) is 2. The molecule has 0 amide bonds. The minimum Gasteiger partial charge on any atom is -0.392 e. The van der Waals surface area contributed by atoms with Crippen molar-refractivity contribution in [3.8, 4) is 0 Å². The Labute approximate surface area is 103 Å². The summed E-state index contributed by atoms with van der Waals surface area (Å²) in [5.74, 6) is 0.798. The lowest BCUT2D eigenvalue weighted by atomic mass is 10.1. The Hall–Kier alpha value is -0.900. The molecule has 1 aromatic carbocycles. The first kappa shape index (κ1) is 12.6. The van der Waals surface area contributed by atoms with E-state index in [2.05, 4.69) is 17.4 Å². The number of aliphatic hydroxyl groups is 1. The molecule has 1 aromatic rings. The predicted octanol–water partition coefficient (Wildman–Crippen LogP) is 1.69. The number of hydrogen-bond acceptors (Lipinski definition) is 3. The van der Waals surface area contributed by atoms with Gasteiger partial charge < -0.3 is 15.2 Å². The van der Waals surface area contributed by atoms with Gasteiger partial charge in [0.2, 0.25) is 0 Å². The third-order valence-corrected chi connectivity index (χ3v) is 3.31. The lowest BCUT2D eigenvalue weighted by molar-refractivity contribution is 0.157. The van der Waals surface area contributed by atoms with Gasteiger partial charge in [-0.2, -0.15) is 0 Å². The third-order valence-electron chi connectivity index (χ3n) is 3.31. The van der Waals surface area contributed by atoms with Crippen LogP contribution in [-0.4, -0.2) is 24.9 Å². The number of aliphatic hydroxyl groups excluding tert-OH is 1. The van der Waals surface area contributed by atoms with Gasteiger partial charge in [-0.3, -0.25) is 0 Å². The van der Waals surface area contributed by atoms with E-state index >= 15 is 0 Å². The summed E-state index contributed by atoms with van der Waals surface area (Å²) in [7, 11) is 1.76. The Kier molecular flexibility index (Phi) is 4.54. The normalized spacial score (nSPS) is 17.1. The molecule has 0 saturated heterocycles. The maximum Gasteiger partial charge on any atom is 0.0681 e. The number of ether oxygens (including phenoxy) is 1. The van der Waals surface area contributed by atoms with Crippen LogP contribution in [0.1, 0.15) is 24.0 Å². The Morgan fingerprint density at radius 1 is 1.29 bits per heavy atom. The van der Waals surface area contributed by atoms with Crippen molar-refractivity contribution >= 4 is 0 Å². The average Bonchev–Trinajstić information content (AvgIpc) is 3.19. The monoisotopic (exact) mass is 235 g/mol. The molecular weight excluding hydrogens is 214 g/mol. The Morgan fingerprint density at radius 3 is 2.47 bits per heavy atom. The molecule has 0 bridgehead atoms. The maximum atomic E-state index is 8.97. The maximum absolute atomic E-state index is 8.97. The number of rotatable bonds is 7. The van der Waals surface area contributed by atoms with E-state index in [0.29, 0.717) is 6.04 Å². The molecule has 3 heteroatoms. The van der Waals surface area contributed by atoms with Gasteiger partial charge in [0.1, 0.15) is 0 Å². The average molecular weight is 235 g/mol. The molecular formula is C14H21NO2. The zero-order valence-electron chi connectivity index (χ0n) is 10.4. The fourth-order valence-electron chi connectivity index (χ4n) is 2.05. The number of methoxy groups -OCH3 is 1. The van der Waals surface area contributed by atoms with Crippen LogP contribution in [0.2, 0.25) is 0 Å². The zero-order valence-corrected chi connectivity index (χ0v) is 10.4. The van der Waals surface area contributed by atoms with Gasteiger partial charge in [0, 0.05) is 19.7 Å². The van der Waals surface area contributed by atoms with Crippen molar-refractivity contribution in [3.63, 3.8) is 0 Å². The fraction of sp³-hybridized carbons (Fsp3) is 0.571. The second kappa shape index (κ2) is 6.15. The minimum absolute atomic E-state index is 0.113. The summed E-state index contributed by atoms with van der Waals surface area (Å²) < 4.78 is 5.23. The summed E-state index contributed by atoms with van der Waals surface area (Å²) in [4.78, 5) is 0. The fourth-order valence-corrected chi connectivity index (χ4v) is 2.05. The first-order chi connectivity index (χ1) is 8.33. The van der Waals surface area contributed by atoms with Gasteiger partial charge in [0.15, 0.2) is 0 Å². The van der Waals surface area contributed by atoms with Crippen LogP contribution in [0.15, 0.2) is 24.3 Å². The molecule has 1 unspecified atom stereocenters. The third kappa shape index (κ3) is 3.80. The van der Waals surface area contributed by atoms with Crippen molar-refractivity contribution in [2.24, 2.45) is 5.92 Å². The molecule has 0 heterocycles. The molecule has 94 valence electrons. The predicted molar refractivity (Wildman–Crippen MR) is 67.6 cm³/mol. The molecule has 2 rings (SSSR count). The number of nitrogens with one attached hydrogen (secondary N) is 1. The van der Waals surface area contributed by atoms with Gasteiger partial charge in [-0.25, -0.2) is 0 Å². The summed E-state index contributed by atoms with van der Waals surface area (Å²) in [6.07, 6.45) is 2.65. The van der Waals surface area contributed by atoms with Crippen molar-refractivity contribution in [2.45, 2.75) is 32.0 Å². The van der Waals surface area contributed by atoms with Crippen molar-refractivity contribution in [1.29, 1.82) is 0 Å². The van der Waals surface area contributed by atoms with Gasteiger partial charge in [0.25, 0.3) is 0 Å². The molecule has 1 aliphatic rings. The van der Waals surface area contributed by atoms with E-state index in [9.17, 15) is 0 Å². The molecule has 17 heavy (non-hydrogen) atoms. The Bertz CT molecular complexity index is 333. The van der Waals surface area contributed by atoms with Crippen LogP contribution in [0.5, 0.6) is 0 Å². The lowest BCUT2D eigenvalue weighted by Crippen LogP contribution is -2.34. The van der Waals surface area contributed by atoms with Gasteiger partial charge >= 0.3 is 0 Å². The van der Waals surface area contributed by atoms with E-state index in [1.165, 1.54) is 18.4 Å². The SMILES string of the molecule is COCC(NCc1ccc(CO)cc1)C1CC1. The van der Waals surface area contributed by atoms with E-state index in [0.717, 1.165) is 24.6 Å². The van der Waals surface area contributed by atoms with Crippen LogP contribution >= 0.6 is 0 Å². The summed E-state index contributed by atoms with van der Waals surface area (Å²) in [5.41, 5.74) is 2.22. The molecule has 3 nitrogen and oxygen atoms in total. The first-order valence-electron chi connectivity index (χ1n) is 6.24. The van der Waals surface area contributed by atoms with Gasteiger partial charge in [-0.05, 0) is 29.9 Å². The van der Waals surface area contributed by atoms with E-state index in [1.54, 1.807) is 7.11 Å². The molecule has 0 spiro atoms. The second-order valence-electron chi connectivity index (χ2n) is 4.75. The van der Waals surface area contributed by atoms with E-state index in [1.807, 2.05) is 12.1 Å². The molecule has 2 N–H and O–H groups in total. The molecule has 0 aromatic heterocycles. The molecule has 0 aliphatic heterocycles. The van der Waals surface area contributed by atoms with Crippen LogP contribution in [0.4, 0.5) is 0 Å². The molecule has 0 radical (unpaired) electrons. The van der Waals surface area contributed by atoms with E-state index < -0.39 is 0 Å². The van der Waals surface area contributed by atoms with Crippen molar-refractivity contribution in [3.05, 3.63) is 35.4 Å². The van der Waals surface area contributed by atoms with Crippen molar-refractivity contribution in [2.75, 3.05) is 13.7 Å². The van der Waals surface area contributed by atoms with Crippen LogP contribution in [0, 0.1) is 5.92 Å². The van der Waals surface area contributed by atoms with E-state index in [4.69, 9.17) is 9.84 Å². The van der Waals surface area contributed by atoms with E-state index in [-0.39, 0.29) is 6.61 Å². The topological polar surface area (TPSA) is 41.5 Å². The summed E-state index contributed by atoms with van der Waals surface area (Å²) in [5, 5.41) is 12.5. The zero-order chi connectivity index (χ0) is 12.1. The molecule has 1 atom stereocenters. The largest absolute Gasteiger partial charge is 0.392 e. The molecule has 1 aliphatic carbocycles. The van der Waals surface area contributed by atoms with Gasteiger partial charge in [-0.1, -0.05) is 24.3 Å². The smallest absolute Gasteiger partial charge is 0.0681 e. The van der Waals surface area contributed by atoms with Gasteiger partial charge in [-0.15, -0.1) is 0 Å². The molecule has 1 fully saturated rings. The van der Waals surface area contributed by atoms with Crippen LogP contribution in [0.3, 0.4) is 0 Å². The van der Waals surface area contributed by atoms with Gasteiger partial charge in [0.05, 0.1) is 13.2 Å². The quantitative estimate of drug-likeness (QED) is 0.755. The second-order valence-corrected chi connectivity index (χ2v) is 4.75. The van der Waals surface area contributed by atoms with Crippen LogP contribution in [-0.2, 0) is 17.9 Å². The Morgan fingerprint density at radius 2 is 1.94 bits per heavy atom. The summed E-state index contributed by atoms with van der Waals surface area (Å²) in [6.45, 7) is 1.78. The first-order valence-corrected chi connectivity index (χ1v) is 6.24. The van der Waals surface area contributed by atoms with Crippen LogP contribution in [0.25, 0.3) is 0 Å². The van der Waals surface area contributed by atoms with Crippen molar-refractivity contribution in [1.82, 2.24) is 5.32 Å². The highest BCUT2D eigenvalue weighted by Crippen LogP contribution is 2.32. The highest BCUT2D eigenvalue weighted by molar-refractivity contribution is 5.21. The Balaban J connectivity index is 1.82. The van der Waals surface area contributed by atoms with Crippen molar-refractivity contribution < 1.29 is 9.84 Å². The minimum atomic E-state index is 0.113.